The molecule has 3 N–H and O–H groups in total. The van der Waals surface area contributed by atoms with Gasteiger partial charge in [0.1, 0.15) is 0 Å². The Morgan fingerprint density at radius 2 is 1.79 bits per heavy atom. The van der Waals surface area contributed by atoms with E-state index in [-0.39, 0.29) is 12.2 Å². The predicted molar refractivity (Wildman–Crippen MR) is 117 cm³/mol. The summed E-state index contributed by atoms with van der Waals surface area (Å²) in [5, 5.41) is 31.4. The van der Waals surface area contributed by atoms with E-state index in [1.807, 2.05) is 0 Å². The normalized spacial score (nSPS) is 50.5. The van der Waals surface area contributed by atoms with Crippen LogP contribution < -0.4 is 0 Å². The van der Waals surface area contributed by atoms with Gasteiger partial charge in [0, 0.05) is 6.61 Å². The summed E-state index contributed by atoms with van der Waals surface area (Å²) in [5.74, 6) is 4.94. The van der Waals surface area contributed by atoms with Crippen molar-refractivity contribution in [2.24, 2.45) is 52.8 Å². The lowest BCUT2D eigenvalue weighted by atomic mass is 9.46. The molecule has 0 saturated heterocycles. The Bertz CT molecular complexity index is 548. The minimum atomic E-state index is -0.164. The number of hydrogen-bond acceptors (Lipinski definition) is 3. The van der Waals surface area contributed by atoms with Crippen LogP contribution in [0.15, 0.2) is 0 Å². The maximum Gasteiger partial charge on any atom is 0.0604 e. The average Bonchev–Trinajstić information content (AvgIpc) is 3.06. The predicted octanol–water partition coefficient (Wildman–Crippen LogP) is 5.02. The molecular weight excluding hydrogens is 360 g/mol. The Morgan fingerprint density at radius 1 is 1.00 bits per heavy atom. The molecule has 0 aromatic rings. The zero-order valence-electron chi connectivity index (χ0n) is 19.1. The molecule has 29 heavy (non-hydrogen) atoms. The molecule has 4 rings (SSSR count). The molecule has 0 aromatic carbocycles. The molecule has 3 nitrogen and oxygen atoms in total. The molecule has 168 valence electrons. The first-order valence-corrected chi connectivity index (χ1v) is 12.9. The summed E-state index contributed by atoms with van der Waals surface area (Å²) in [4.78, 5) is 0. The Morgan fingerprint density at radius 3 is 2.52 bits per heavy atom. The molecule has 0 aromatic heterocycles. The summed E-state index contributed by atoms with van der Waals surface area (Å²) in [5.41, 5.74) is 0.370. The first kappa shape index (κ1) is 22.1. The maximum absolute atomic E-state index is 11.7. The van der Waals surface area contributed by atoms with Crippen LogP contribution in [0.3, 0.4) is 0 Å². The summed E-state index contributed by atoms with van der Waals surface area (Å²) in [7, 11) is 0. The van der Waals surface area contributed by atoms with E-state index in [1.54, 1.807) is 0 Å². The molecule has 4 aliphatic carbocycles. The van der Waals surface area contributed by atoms with E-state index in [9.17, 15) is 15.3 Å². The van der Waals surface area contributed by atoms with Gasteiger partial charge in [0.05, 0.1) is 12.2 Å². The van der Waals surface area contributed by atoms with Gasteiger partial charge in [0.15, 0.2) is 0 Å². The number of hydrogen-bond donors (Lipinski definition) is 3. The van der Waals surface area contributed by atoms with Crippen LogP contribution in [0, 0.1) is 52.8 Å². The molecule has 0 aliphatic heterocycles. The molecule has 3 unspecified atom stereocenters. The lowest BCUT2D eigenvalue weighted by Gasteiger charge is -2.60. The van der Waals surface area contributed by atoms with Crippen LogP contribution in [-0.4, -0.2) is 34.1 Å². The smallest absolute Gasteiger partial charge is 0.0604 e. The van der Waals surface area contributed by atoms with E-state index >= 15 is 0 Å². The highest BCUT2D eigenvalue weighted by Crippen LogP contribution is 2.66. The van der Waals surface area contributed by atoms with Gasteiger partial charge >= 0.3 is 0 Å². The monoisotopic (exact) mass is 406 g/mol. The second-order valence-electron chi connectivity index (χ2n) is 11.7. The van der Waals surface area contributed by atoms with E-state index in [0.29, 0.717) is 47.5 Å². The summed E-state index contributed by atoms with van der Waals surface area (Å²) in [6, 6.07) is 0. The largest absolute Gasteiger partial charge is 0.396 e. The lowest BCUT2D eigenvalue weighted by molar-refractivity contribution is -0.168. The Hall–Kier alpha value is -0.120. The van der Waals surface area contributed by atoms with Gasteiger partial charge in [-0.3, -0.25) is 0 Å². The molecular formula is C26H46O3. The second kappa shape index (κ2) is 8.79. The molecule has 0 radical (unpaired) electrons. The molecule has 0 spiro atoms. The standard InChI is InChI=1S/C26H46O3/c1-4-6-20-21-15-17(28)8-9-18(21)19-12-13-26(3)22(16(2)7-5-14-27)10-11-23(26)24(19)25(20)29/h16-25,27-29H,4-15H2,1-3H3/t16-,17+,18-,19?,20+,21-,22-,23?,24?,25-,26-/m1/s1. The number of fused-ring (bicyclic) bond motifs is 5. The van der Waals surface area contributed by atoms with Gasteiger partial charge in [-0.15, -0.1) is 0 Å². The number of aliphatic hydroxyl groups is 3. The van der Waals surface area contributed by atoms with E-state index < -0.39 is 0 Å². The summed E-state index contributed by atoms with van der Waals surface area (Å²) in [6.45, 7) is 7.54. The van der Waals surface area contributed by atoms with Crippen molar-refractivity contribution in [2.45, 2.75) is 104 Å². The van der Waals surface area contributed by atoms with Gasteiger partial charge in [-0.2, -0.15) is 0 Å². The highest BCUT2D eigenvalue weighted by molar-refractivity contribution is 5.10. The summed E-state index contributed by atoms with van der Waals surface area (Å²) < 4.78 is 0. The van der Waals surface area contributed by atoms with Crippen LogP contribution in [-0.2, 0) is 0 Å². The summed E-state index contributed by atoms with van der Waals surface area (Å²) >= 11 is 0. The molecule has 4 fully saturated rings. The van der Waals surface area contributed by atoms with E-state index in [4.69, 9.17) is 0 Å². The second-order valence-corrected chi connectivity index (χ2v) is 11.7. The molecule has 4 aliphatic rings. The molecule has 4 saturated carbocycles. The van der Waals surface area contributed by atoms with Crippen molar-refractivity contribution >= 4 is 0 Å². The summed E-state index contributed by atoms with van der Waals surface area (Å²) in [6.07, 6.45) is 12.3. The molecule has 0 amide bonds. The van der Waals surface area contributed by atoms with Crippen molar-refractivity contribution in [2.75, 3.05) is 6.61 Å². The van der Waals surface area contributed by atoms with Crippen molar-refractivity contribution in [1.82, 2.24) is 0 Å². The van der Waals surface area contributed by atoms with Gasteiger partial charge in [-0.25, -0.2) is 0 Å². The fourth-order valence-corrected chi connectivity index (χ4v) is 9.29. The van der Waals surface area contributed by atoms with Crippen molar-refractivity contribution in [1.29, 1.82) is 0 Å². The molecule has 0 bridgehead atoms. The highest BCUT2D eigenvalue weighted by Gasteiger charge is 2.61. The SMILES string of the molecule is CCC[C@H]1[C@@H]2C[C@@H](O)CC[C@@H]2C2CC[C@@]3(C)C(CC[C@@H]3[C@H](C)CCCO)C2[C@@H]1O. The van der Waals surface area contributed by atoms with E-state index in [0.717, 1.165) is 50.4 Å². The first-order valence-electron chi connectivity index (χ1n) is 12.9. The van der Waals surface area contributed by atoms with Crippen LogP contribution in [0.1, 0.15) is 91.4 Å². The van der Waals surface area contributed by atoms with Gasteiger partial charge in [-0.1, -0.05) is 27.2 Å². The first-order chi connectivity index (χ1) is 13.9. The third kappa shape index (κ3) is 3.72. The minimum absolute atomic E-state index is 0.142. The van der Waals surface area contributed by atoms with Gasteiger partial charge < -0.3 is 15.3 Å². The van der Waals surface area contributed by atoms with E-state index in [2.05, 4.69) is 20.8 Å². The maximum atomic E-state index is 11.7. The zero-order chi connectivity index (χ0) is 20.8. The van der Waals surface area contributed by atoms with Crippen LogP contribution in [0.2, 0.25) is 0 Å². The van der Waals surface area contributed by atoms with Gasteiger partial charge in [0.25, 0.3) is 0 Å². The van der Waals surface area contributed by atoms with Crippen LogP contribution >= 0.6 is 0 Å². The van der Waals surface area contributed by atoms with Crippen LogP contribution in [0.25, 0.3) is 0 Å². The van der Waals surface area contributed by atoms with Gasteiger partial charge in [-0.05, 0) is 117 Å². The quantitative estimate of drug-likeness (QED) is 0.580. The van der Waals surface area contributed by atoms with Crippen molar-refractivity contribution in [3.8, 4) is 0 Å². The molecule has 11 atom stereocenters. The van der Waals surface area contributed by atoms with Crippen molar-refractivity contribution < 1.29 is 15.3 Å². The van der Waals surface area contributed by atoms with Crippen LogP contribution in [0.5, 0.6) is 0 Å². The van der Waals surface area contributed by atoms with Crippen molar-refractivity contribution in [3.63, 3.8) is 0 Å². The van der Waals surface area contributed by atoms with E-state index in [1.165, 1.54) is 32.1 Å². The number of aliphatic hydroxyl groups excluding tert-OH is 3. The number of rotatable bonds is 6. The molecule has 0 heterocycles. The average molecular weight is 407 g/mol. The fraction of sp³-hybridized carbons (Fsp3) is 1.00. The van der Waals surface area contributed by atoms with Crippen LogP contribution in [0.4, 0.5) is 0 Å². The topological polar surface area (TPSA) is 60.7 Å². The Labute approximate surface area is 178 Å². The minimum Gasteiger partial charge on any atom is -0.396 e. The van der Waals surface area contributed by atoms with Crippen molar-refractivity contribution in [3.05, 3.63) is 0 Å². The highest BCUT2D eigenvalue weighted by atomic mass is 16.3. The third-order valence-electron chi connectivity index (χ3n) is 10.4. The Kier molecular flexibility index (Phi) is 6.69. The third-order valence-corrected chi connectivity index (χ3v) is 10.4. The molecule has 3 heteroatoms. The lowest BCUT2D eigenvalue weighted by Crippen LogP contribution is -2.58. The van der Waals surface area contributed by atoms with Gasteiger partial charge in [0.2, 0.25) is 0 Å². The zero-order valence-corrected chi connectivity index (χ0v) is 19.1. The Balaban J connectivity index is 1.59. The fourth-order valence-electron chi connectivity index (χ4n) is 9.29.